The summed E-state index contributed by atoms with van der Waals surface area (Å²) in [7, 11) is 3.51. The molecule has 0 saturated heterocycles. The lowest BCUT2D eigenvalue weighted by atomic mass is 10.2. The maximum absolute atomic E-state index is 13.4. The van der Waals surface area contributed by atoms with Crippen LogP contribution in [0.4, 0.5) is 4.39 Å². The van der Waals surface area contributed by atoms with Crippen LogP contribution >= 0.6 is 11.8 Å². The summed E-state index contributed by atoms with van der Waals surface area (Å²) in [5, 5.41) is 4.21. The van der Waals surface area contributed by atoms with Crippen LogP contribution in [0.3, 0.4) is 0 Å². The van der Waals surface area contributed by atoms with Gasteiger partial charge in [-0.15, -0.1) is 0 Å². The van der Waals surface area contributed by atoms with Gasteiger partial charge in [-0.3, -0.25) is 0 Å². The second kappa shape index (κ2) is 6.42. The van der Waals surface area contributed by atoms with E-state index >= 15 is 0 Å². The van der Waals surface area contributed by atoms with Gasteiger partial charge in [-0.1, -0.05) is 11.8 Å². The average Bonchev–Trinajstić information content (AvgIpc) is 2.92. The molecule has 22 heavy (non-hydrogen) atoms. The number of nitrogens with one attached hydrogen (secondary N) is 2. The molecule has 114 valence electrons. The number of ether oxygens (including phenoxy) is 1. The average molecular weight is 316 g/mol. The molecule has 3 aromatic rings. The number of fused-ring (bicyclic) bond motifs is 1. The van der Waals surface area contributed by atoms with Crippen LogP contribution in [-0.2, 0) is 6.54 Å². The summed E-state index contributed by atoms with van der Waals surface area (Å²) >= 11 is 1.63. The Kier molecular flexibility index (Phi) is 4.36. The molecule has 2 N–H and O–H groups in total. The summed E-state index contributed by atoms with van der Waals surface area (Å²) in [4.78, 5) is 5.42. The number of hydrogen-bond donors (Lipinski definition) is 2. The summed E-state index contributed by atoms with van der Waals surface area (Å²) in [6, 6.07) is 10.9. The van der Waals surface area contributed by atoms with Gasteiger partial charge in [-0.25, -0.2) is 4.39 Å². The summed E-state index contributed by atoms with van der Waals surface area (Å²) in [5.74, 6) is 0.613. The smallest absolute Gasteiger partial charge is 0.123 e. The highest BCUT2D eigenvalue weighted by molar-refractivity contribution is 7.99. The minimum atomic E-state index is -0.210. The molecule has 2 aromatic carbocycles. The normalized spacial score (nSPS) is 11.0. The van der Waals surface area contributed by atoms with Gasteiger partial charge in [0, 0.05) is 34.0 Å². The number of aromatic nitrogens is 1. The molecule has 0 fully saturated rings. The molecule has 0 saturated carbocycles. The molecule has 5 heteroatoms. The molecular formula is C17H17FN2OS. The third-order valence-electron chi connectivity index (χ3n) is 3.46. The van der Waals surface area contributed by atoms with Crippen LogP contribution in [0.15, 0.2) is 52.4 Å². The summed E-state index contributed by atoms with van der Waals surface area (Å²) in [6.07, 6.45) is 1.97. The number of rotatable bonds is 5. The summed E-state index contributed by atoms with van der Waals surface area (Å²) < 4.78 is 18.7. The van der Waals surface area contributed by atoms with E-state index in [1.54, 1.807) is 24.9 Å². The van der Waals surface area contributed by atoms with E-state index in [1.807, 2.05) is 37.5 Å². The molecule has 0 unspecified atom stereocenters. The molecule has 0 spiro atoms. The van der Waals surface area contributed by atoms with Crippen LogP contribution in [0, 0.1) is 5.82 Å². The molecule has 1 aromatic heterocycles. The van der Waals surface area contributed by atoms with Crippen molar-refractivity contribution in [1.82, 2.24) is 10.3 Å². The molecule has 3 nitrogen and oxygen atoms in total. The van der Waals surface area contributed by atoms with Gasteiger partial charge in [0.1, 0.15) is 11.6 Å². The van der Waals surface area contributed by atoms with Gasteiger partial charge >= 0.3 is 0 Å². The first-order chi connectivity index (χ1) is 10.7. The van der Waals surface area contributed by atoms with E-state index in [1.165, 1.54) is 6.07 Å². The van der Waals surface area contributed by atoms with E-state index in [-0.39, 0.29) is 5.82 Å². The quantitative estimate of drug-likeness (QED) is 0.741. The Morgan fingerprint density at radius 2 is 2.05 bits per heavy atom. The standard InChI is InChI=1S/C17H17FN2OS/c1-19-9-11-7-12(18)3-6-16(11)22-17-10-20-15-8-13(21-2)4-5-14(15)17/h3-8,10,19-20H,9H2,1-2H3. The lowest BCUT2D eigenvalue weighted by Gasteiger charge is -2.08. The van der Waals surface area contributed by atoms with Crippen LogP contribution < -0.4 is 10.1 Å². The fraction of sp³-hybridized carbons (Fsp3) is 0.176. The third-order valence-corrected chi connectivity index (χ3v) is 4.64. The molecule has 3 rings (SSSR count). The molecule has 0 atom stereocenters. The topological polar surface area (TPSA) is 37.0 Å². The minimum Gasteiger partial charge on any atom is -0.497 e. The summed E-state index contributed by atoms with van der Waals surface area (Å²) in [5.41, 5.74) is 1.98. The SMILES string of the molecule is CNCc1cc(F)ccc1Sc1c[nH]c2cc(OC)ccc12. The van der Waals surface area contributed by atoms with Gasteiger partial charge in [-0.05, 0) is 42.9 Å². The molecule has 1 heterocycles. The largest absolute Gasteiger partial charge is 0.497 e. The van der Waals surface area contributed by atoms with Crippen molar-refractivity contribution in [2.75, 3.05) is 14.2 Å². The van der Waals surface area contributed by atoms with Crippen LogP contribution in [0.1, 0.15) is 5.56 Å². The number of H-pyrrole nitrogens is 1. The number of halogens is 1. The number of aromatic amines is 1. The van der Waals surface area contributed by atoms with Crippen molar-refractivity contribution in [3.63, 3.8) is 0 Å². The fourth-order valence-electron chi connectivity index (χ4n) is 2.38. The van der Waals surface area contributed by atoms with E-state index < -0.39 is 0 Å². The van der Waals surface area contributed by atoms with E-state index in [9.17, 15) is 4.39 Å². The van der Waals surface area contributed by atoms with Gasteiger partial charge in [0.05, 0.1) is 12.6 Å². The Labute approximate surface area is 132 Å². The van der Waals surface area contributed by atoms with Crippen LogP contribution in [-0.4, -0.2) is 19.1 Å². The predicted octanol–water partition coefficient (Wildman–Crippen LogP) is 4.19. The molecule has 0 radical (unpaired) electrons. The second-order valence-corrected chi connectivity index (χ2v) is 6.03. The number of benzene rings is 2. The molecule has 0 aliphatic rings. The monoisotopic (exact) mass is 316 g/mol. The zero-order chi connectivity index (χ0) is 15.5. The maximum atomic E-state index is 13.4. The lowest BCUT2D eigenvalue weighted by molar-refractivity contribution is 0.415. The van der Waals surface area contributed by atoms with Gasteiger partial charge in [0.2, 0.25) is 0 Å². The molecule has 0 amide bonds. The van der Waals surface area contributed by atoms with Crippen molar-refractivity contribution < 1.29 is 9.13 Å². The first-order valence-electron chi connectivity index (χ1n) is 6.97. The first kappa shape index (κ1) is 14.9. The van der Waals surface area contributed by atoms with Gasteiger partial charge < -0.3 is 15.0 Å². The lowest BCUT2D eigenvalue weighted by Crippen LogP contribution is -2.06. The Hall–Kier alpha value is -1.98. The molecule has 0 aliphatic carbocycles. The fourth-order valence-corrected chi connectivity index (χ4v) is 3.43. The van der Waals surface area contributed by atoms with Crippen molar-refractivity contribution in [3.8, 4) is 5.75 Å². The van der Waals surface area contributed by atoms with E-state index in [4.69, 9.17) is 4.74 Å². The van der Waals surface area contributed by atoms with Gasteiger partial charge in [0.25, 0.3) is 0 Å². The van der Waals surface area contributed by atoms with E-state index in [0.717, 1.165) is 32.0 Å². The Balaban J connectivity index is 1.96. The zero-order valence-corrected chi connectivity index (χ0v) is 13.3. The Bertz CT molecular complexity index is 800. The first-order valence-corrected chi connectivity index (χ1v) is 7.79. The molecule has 0 bridgehead atoms. The highest BCUT2D eigenvalue weighted by Gasteiger charge is 2.10. The third kappa shape index (κ3) is 2.96. The van der Waals surface area contributed by atoms with Crippen molar-refractivity contribution in [3.05, 3.63) is 54.0 Å². The van der Waals surface area contributed by atoms with Crippen molar-refractivity contribution >= 4 is 22.7 Å². The second-order valence-electron chi connectivity index (χ2n) is 4.95. The minimum absolute atomic E-state index is 0.210. The van der Waals surface area contributed by atoms with Crippen LogP contribution in [0.2, 0.25) is 0 Å². The Morgan fingerprint density at radius 3 is 2.82 bits per heavy atom. The van der Waals surface area contributed by atoms with Gasteiger partial charge in [-0.2, -0.15) is 0 Å². The van der Waals surface area contributed by atoms with Crippen LogP contribution in [0.5, 0.6) is 5.75 Å². The van der Waals surface area contributed by atoms with E-state index in [0.29, 0.717) is 6.54 Å². The van der Waals surface area contributed by atoms with Crippen LogP contribution in [0.25, 0.3) is 10.9 Å². The van der Waals surface area contributed by atoms with E-state index in [2.05, 4.69) is 10.3 Å². The summed E-state index contributed by atoms with van der Waals surface area (Å²) in [6.45, 7) is 0.635. The number of hydrogen-bond acceptors (Lipinski definition) is 3. The van der Waals surface area contributed by atoms with Crippen molar-refractivity contribution in [2.45, 2.75) is 16.3 Å². The van der Waals surface area contributed by atoms with Crippen molar-refractivity contribution in [1.29, 1.82) is 0 Å². The highest BCUT2D eigenvalue weighted by atomic mass is 32.2. The predicted molar refractivity (Wildman–Crippen MR) is 88.1 cm³/mol. The Morgan fingerprint density at radius 1 is 1.18 bits per heavy atom. The number of methoxy groups -OCH3 is 1. The molecule has 0 aliphatic heterocycles. The van der Waals surface area contributed by atoms with Crippen molar-refractivity contribution in [2.24, 2.45) is 0 Å². The molecular weight excluding hydrogens is 299 g/mol. The van der Waals surface area contributed by atoms with Gasteiger partial charge in [0.15, 0.2) is 0 Å². The maximum Gasteiger partial charge on any atom is 0.123 e. The zero-order valence-electron chi connectivity index (χ0n) is 12.4. The highest BCUT2D eigenvalue weighted by Crippen LogP contribution is 2.36.